The molecule has 0 radical (unpaired) electrons. The van der Waals surface area contributed by atoms with Gasteiger partial charge < -0.3 is 21.3 Å². The van der Waals surface area contributed by atoms with Crippen LogP contribution in [0.3, 0.4) is 0 Å². The van der Waals surface area contributed by atoms with Gasteiger partial charge in [-0.05, 0) is 18.2 Å². The number of thiol groups is 2. The van der Waals surface area contributed by atoms with Crippen molar-refractivity contribution >= 4 is 70.1 Å². The molecule has 0 spiro atoms. The molecule has 1 aromatic carbocycles. The van der Waals surface area contributed by atoms with Crippen molar-refractivity contribution in [2.45, 2.75) is 0 Å². The molecule has 0 aliphatic carbocycles. The van der Waals surface area contributed by atoms with Gasteiger partial charge in [-0.3, -0.25) is 9.59 Å². The largest absolute Gasteiger partial charge is 0.369 e. The summed E-state index contributed by atoms with van der Waals surface area (Å²) in [5.41, 5.74) is 0.816. The van der Waals surface area contributed by atoms with Crippen LogP contribution in [0.1, 0.15) is 20.7 Å². The minimum absolute atomic E-state index is 0.265. The molecule has 130 valence electrons. The Labute approximate surface area is 162 Å². The summed E-state index contributed by atoms with van der Waals surface area (Å²) in [5.74, 6) is -0.530. The molecule has 0 aromatic heterocycles. The first kappa shape index (κ1) is 20.7. The Bertz CT molecular complexity index is 575. The van der Waals surface area contributed by atoms with Crippen LogP contribution in [0.2, 0.25) is 0 Å². The molecule has 24 heavy (non-hydrogen) atoms. The molecule has 10 heteroatoms. The lowest BCUT2D eigenvalue weighted by molar-refractivity contribution is 0.0953. The predicted octanol–water partition coefficient (Wildman–Crippen LogP) is 0.755. The van der Waals surface area contributed by atoms with Crippen molar-refractivity contribution < 1.29 is 9.59 Å². The minimum atomic E-state index is -0.265. The van der Waals surface area contributed by atoms with Gasteiger partial charge in [0.1, 0.15) is 8.64 Å². The van der Waals surface area contributed by atoms with E-state index in [-0.39, 0.29) is 11.8 Å². The van der Waals surface area contributed by atoms with E-state index in [0.29, 0.717) is 45.9 Å². The lowest BCUT2D eigenvalue weighted by Crippen LogP contribution is -2.33. The minimum Gasteiger partial charge on any atom is -0.369 e. The van der Waals surface area contributed by atoms with Gasteiger partial charge in [-0.2, -0.15) is 0 Å². The predicted molar refractivity (Wildman–Crippen MR) is 110 cm³/mol. The third kappa shape index (κ3) is 8.48. The zero-order chi connectivity index (χ0) is 17.9. The molecule has 0 unspecified atom stereocenters. The van der Waals surface area contributed by atoms with E-state index in [4.69, 9.17) is 24.4 Å². The lowest BCUT2D eigenvalue weighted by Gasteiger charge is -2.09. The summed E-state index contributed by atoms with van der Waals surface area (Å²) >= 11 is 17.3. The Morgan fingerprint density at radius 1 is 0.792 bits per heavy atom. The van der Waals surface area contributed by atoms with Crippen LogP contribution in [0.25, 0.3) is 0 Å². The van der Waals surface area contributed by atoms with Crippen LogP contribution in [0.5, 0.6) is 0 Å². The number of carbonyl (C=O) groups is 2. The van der Waals surface area contributed by atoms with Crippen LogP contribution in [0, 0.1) is 0 Å². The van der Waals surface area contributed by atoms with Gasteiger partial charge in [-0.25, -0.2) is 0 Å². The molecule has 1 aromatic rings. The molecule has 2 amide bonds. The summed E-state index contributed by atoms with van der Waals surface area (Å²) in [6.07, 6.45) is 0. The van der Waals surface area contributed by atoms with Crippen LogP contribution >= 0.6 is 49.7 Å². The van der Waals surface area contributed by atoms with Gasteiger partial charge in [0.25, 0.3) is 11.8 Å². The molecule has 0 saturated carbocycles. The number of carbonyl (C=O) groups excluding carboxylic acids is 2. The molecule has 0 aliphatic rings. The van der Waals surface area contributed by atoms with Crippen LogP contribution in [0.4, 0.5) is 0 Å². The number of benzene rings is 1. The highest BCUT2D eigenvalue weighted by Crippen LogP contribution is 2.05. The van der Waals surface area contributed by atoms with Crippen molar-refractivity contribution in [2.24, 2.45) is 0 Å². The Morgan fingerprint density at radius 2 is 1.17 bits per heavy atom. The van der Waals surface area contributed by atoms with Crippen LogP contribution in [0.15, 0.2) is 24.3 Å². The maximum absolute atomic E-state index is 12.0. The van der Waals surface area contributed by atoms with Crippen molar-refractivity contribution in [2.75, 3.05) is 26.2 Å². The molecule has 1 rings (SSSR count). The summed E-state index contributed by atoms with van der Waals surface area (Å²) in [6.45, 7) is 1.75. The maximum atomic E-state index is 12.0. The second kappa shape index (κ2) is 11.2. The number of thiocarbonyl (C=S) groups is 2. The average Bonchev–Trinajstić information content (AvgIpc) is 2.55. The third-order valence-electron chi connectivity index (χ3n) is 2.76. The summed E-state index contributed by atoms with van der Waals surface area (Å²) in [6, 6.07) is 6.48. The van der Waals surface area contributed by atoms with E-state index in [9.17, 15) is 9.59 Å². The van der Waals surface area contributed by atoms with E-state index in [1.54, 1.807) is 18.2 Å². The Balaban J connectivity index is 2.49. The molecule has 0 aliphatic heterocycles. The van der Waals surface area contributed by atoms with E-state index in [2.05, 4.69) is 46.5 Å². The zero-order valence-electron chi connectivity index (χ0n) is 12.7. The number of amides is 2. The van der Waals surface area contributed by atoms with Crippen molar-refractivity contribution in [1.29, 1.82) is 0 Å². The first-order valence-electron chi connectivity index (χ1n) is 7.00. The summed E-state index contributed by atoms with van der Waals surface area (Å²) in [7, 11) is 0. The SMILES string of the molecule is O=C(NCCNC(=S)S)c1cccc(C(=O)NCCNC(=S)S)c1. The van der Waals surface area contributed by atoms with Gasteiger partial charge in [-0.15, -0.1) is 25.3 Å². The standard InChI is InChI=1S/C14H18N4O2S4/c19-11(15-4-6-17-13(21)22)9-2-1-3-10(8-9)12(20)16-5-7-18-14(23)24/h1-3,8H,4-7H2,(H,15,19)(H,16,20)(H2,17,21,22)(H2,18,23,24). The maximum Gasteiger partial charge on any atom is 0.251 e. The zero-order valence-corrected chi connectivity index (χ0v) is 16.1. The summed E-state index contributed by atoms with van der Waals surface area (Å²) in [4.78, 5) is 24.1. The number of nitrogens with one attached hydrogen (secondary N) is 4. The highest BCUT2D eigenvalue weighted by molar-refractivity contribution is 8.11. The van der Waals surface area contributed by atoms with Crippen LogP contribution in [-0.4, -0.2) is 46.6 Å². The smallest absolute Gasteiger partial charge is 0.251 e. The Kier molecular flexibility index (Phi) is 9.69. The van der Waals surface area contributed by atoms with E-state index < -0.39 is 0 Å². The first-order valence-corrected chi connectivity index (χ1v) is 8.71. The fraction of sp³-hybridized carbons (Fsp3) is 0.286. The summed E-state index contributed by atoms with van der Waals surface area (Å²) < 4.78 is 0.743. The Hall–Kier alpha value is -1.36. The molecular weight excluding hydrogens is 384 g/mol. The third-order valence-corrected chi connectivity index (χ3v) is 3.37. The molecule has 0 heterocycles. The molecule has 0 saturated heterocycles. The fourth-order valence-electron chi connectivity index (χ4n) is 1.70. The van der Waals surface area contributed by atoms with Gasteiger partial charge >= 0.3 is 0 Å². The molecule has 0 atom stereocenters. The highest BCUT2D eigenvalue weighted by Gasteiger charge is 2.10. The van der Waals surface area contributed by atoms with Gasteiger partial charge in [0.2, 0.25) is 0 Å². The fourth-order valence-corrected chi connectivity index (χ4v) is 2.12. The van der Waals surface area contributed by atoms with Gasteiger partial charge in [0.05, 0.1) is 0 Å². The second-order valence-electron chi connectivity index (χ2n) is 4.56. The van der Waals surface area contributed by atoms with Crippen molar-refractivity contribution in [3.8, 4) is 0 Å². The number of hydrogen-bond acceptors (Lipinski definition) is 4. The highest BCUT2D eigenvalue weighted by atomic mass is 32.1. The van der Waals surface area contributed by atoms with E-state index in [0.717, 1.165) is 0 Å². The van der Waals surface area contributed by atoms with Crippen LogP contribution in [-0.2, 0) is 0 Å². The van der Waals surface area contributed by atoms with Gasteiger partial charge in [-0.1, -0.05) is 30.5 Å². The van der Waals surface area contributed by atoms with E-state index >= 15 is 0 Å². The molecular formula is C14H18N4O2S4. The quantitative estimate of drug-likeness (QED) is 0.219. The second-order valence-corrected chi connectivity index (χ2v) is 6.87. The molecule has 4 N–H and O–H groups in total. The number of hydrogen-bond donors (Lipinski definition) is 6. The van der Waals surface area contributed by atoms with Gasteiger partial charge in [0, 0.05) is 37.3 Å². The average molecular weight is 403 g/mol. The van der Waals surface area contributed by atoms with E-state index in [1.807, 2.05) is 0 Å². The van der Waals surface area contributed by atoms with Crippen LogP contribution < -0.4 is 21.3 Å². The van der Waals surface area contributed by atoms with Crippen molar-refractivity contribution in [3.63, 3.8) is 0 Å². The molecule has 6 nitrogen and oxygen atoms in total. The normalized spacial score (nSPS) is 9.75. The van der Waals surface area contributed by atoms with Crippen molar-refractivity contribution in [1.82, 2.24) is 21.3 Å². The topological polar surface area (TPSA) is 82.3 Å². The monoisotopic (exact) mass is 402 g/mol. The molecule has 0 fully saturated rings. The molecule has 0 bridgehead atoms. The van der Waals surface area contributed by atoms with Crippen molar-refractivity contribution in [3.05, 3.63) is 35.4 Å². The summed E-state index contributed by atoms with van der Waals surface area (Å²) in [5, 5.41) is 11.1. The lowest BCUT2D eigenvalue weighted by atomic mass is 10.1. The number of rotatable bonds is 8. The Morgan fingerprint density at radius 3 is 1.54 bits per heavy atom. The van der Waals surface area contributed by atoms with E-state index in [1.165, 1.54) is 6.07 Å². The first-order chi connectivity index (χ1) is 11.4. The van der Waals surface area contributed by atoms with Gasteiger partial charge in [0.15, 0.2) is 0 Å².